The number of carbonyl (C=O) groups excluding carboxylic acids is 2. The van der Waals surface area contributed by atoms with Gasteiger partial charge in [0.2, 0.25) is 5.91 Å². The highest BCUT2D eigenvalue weighted by Gasteiger charge is 2.31. The van der Waals surface area contributed by atoms with Gasteiger partial charge in [0.1, 0.15) is 0 Å². The Morgan fingerprint density at radius 1 is 1.26 bits per heavy atom. The van der Waals surface area contributed by atoms with Crippen molar-refractivity contribution in [1.82, 2.24) is 0 Å². The van der Waals surface area contributed by atoms with Crippen molar-refractivity contribution >= 4 is 23.2 Å². The fraction of sp³-hybridized carbons (Fsp3) is 0.357. The van der Waals surface area contributed by atoms with Crippen molar-refractivity contribution < 1.29 is 9.59 Å². The normalized spacial score (nSPS) is 15.6. The number of benzene rings is 1. The number of anilines is 1. The van der Waals surface area contributed by atoms with E-state index in [-0.39, 0.29) is 11.3 Å². The molecule has 100 valence electrons. The minimum atomic E-state index is -0.488. The summed E-state index contributed by atoms with van der Waals surface area (Å²) in [5.41, 5.74) is 6.97. The van der Waals surface area contributed by atoms with Crippen molar-refractivity contribution in [2.45, 2.75) is 27.2 Å². The van der Waals surface area contributed by atoms with Crippen molar-refractivity contribution in [2.75, 3.05) is 5.01 Å². The van der Waals surface area contributed by atoms with Crippen LogP contribution in [0.2, 0.25) is 0 Å². The largest absolute Gasteiger partial charge is 0.366 e. The molecule has 0 unspecified atom stereocenters. The smallest absolute Gasteiger partial charge is 0.253 e. The summed E-state index contributed by atoms with van der Waals surface area (Å²) in [7, 11) is 0. The van der Waals surface area contributed by atoms with E-state index in [4.69, 9.17) is 5.73 Å². The van der Waals surface area contributed by atoms with Gasteiger partial charge >= 0.3 is 0 Å². The summed E-state index contributed by atoms with van der Waals surface area (Å²) in [5, 5.41) is 5.75. The summed E-state index contributed by atoms with van der Waals surface area (Å²) < 4.78 is 0. The molecule has 2 rings (SSSR count). The lowest BCUT2D eigenvalue weighted by molar-refractivity contribution is -0.116. The second-order valence-electron chi connectivity index (χ2n) is 5.59. The van der Waals surface area contributed by atoms with Crippen molar-refractivity contribution in [3.63, 3.8) is 0 Å². The van der Waals surface area contributed by atoms with Gasteiger partial charge in [-0.3, -0.25) is 9.59 Å². The van der Waals surface area contributed by atoms with Crippen LogP contribution >= 0.6 is 0 Å². The number of amides is 2. The molecule has 0 atom stereocenters. The van der Waals surface area contributed by atoms with Crippen molar-refractivity contribution in [2.24, 2.45) is 16.3 Å². The maximum absolute atomic E-state index is 12.0. The minimum absolute atomic E-state index is 0.0586. The molecule has 0 radical (unpaired) electrons. The second kappa shape index (κ2) is 4.50. The molecular formula is C14H17N3O2. The van der Waals surface area contributed by atoms with Crippen LogP contribution in [0.1, 0.15) is 37.6 Å². The summed E-state index contributed by atoms with van der Waals surface area (Å²) in [6.07, 6.45) is 0.334. The molecule has 2 N–H and O–H groups in total. The molecule has 0 saturated carbocycles. The zero-order valence-electron chi connectivity index (χ0n) is 11.3. The molecule has 19 heavy (non-hydrogen) atoms. The van der Waals surface area contributed by atoms with Crippen LogP contribution in [0.5, 0.6) is 0 Å². The Morgan fingerprint density at radius 2 is 1.84 bits per heavy atom. The van der Waals surface area contributed by atoms with Crippen LogP contribution in [-0.2, 0) is 4.79 Å². The van der Waals surface area contributed by atoms with E-state index in [0.717, 1.165) is 5.71 Å². The third kappa shape index (κ3) is 2.65. The SMILES string of the molecule is CC(C)(C)C1=NN(c2ccc(C(N)=O)cc2)C(=O)C1. The van der Waals surface area contributed by atoms with Crippen LogP contribution in [0.4, 0.5) is 5.69 Å². The second-order valence-corrected chi connectivity index (χ2v) is 5.59. The zero-order chi connectivity index (χ0) is 14.2. The first kappa shape index (κ1) is 13.3. The number of rotatable bonds is 2. The quantitative estimate of drug-likeness (QED) is 0.881. The molecule has 5 heteroatoms. The maximum Gasteiger partial charge on any atom is 0.253 e. The fourth-order valence-corrected chi connectivity index (χ4v) is 1.81. The lowest BCUT2D eigenvalue weighted by Crippen LogP contribution is -2.20. The van der Waals surface area contributed by atoms with Crippen LogP contribution in [0, 0.1) is 5.41 Å². The van der Waals surface area contributed by atoms with Crippen molar-refractivity contribution in [3.05, 3.63) is 29.8 Å². The Hall–Kier alpha value is -2.17. The van der Waals surface area contributed by atoms with E-state index in [9.17, 15) is 9.59 Å². The number of carbonyl (C=O) groups is 2. The first-order valence-electron chi connectivity index (χ1n) is 6.10. The van der Waals surface area contributed by atoms with Crippen LogP contribution < -0.4 is 10.7 Å². The van der Waals surface area contributed by atoms with Gasteiger partial charge in [-0.25, -0.2) is 5.01 Å². The van der Waals surface area contributed by atoms with Crippen LogP contribution in [0.3, 0.4) is 0 Å². The molecule has 1 aliphatic rings. The molecule has 0 saturated heterocycles. The third-order valence-corrected chi connectivity index (χ3v) is 3.04. The Morgan fingerprint density at radius 3 is 2.26 bits per heavy atom. The molecule has 0 fully saturated rings. The molecule has 0 spiro atoms. The molecule has 0 bridgehead atoms. The first-order valence-corrected chi connectivity index (χ1v) is 6.10. The lowest BCUT2D eigenvalue weighted by Gasteiger charge is -2.16. The third-order valence-electron chi connectivity index (χ3n) is 3.04. The minimum Gasteiger partial charge on any atom is -0.366 e. The Kier molecular flexibility index (Phi) is 3.14. The van der Waals surface area contributed by atoms with E-state index in [2.05, 4.69) is 5.10 Å². The molecular weight excluding hydrogens is 242 g/mol. The molecule has 2 amide bonds. The van der Waals surface area contributed by atoms with E-state index >= 15 is 0 Å². The lowest BCUT2D eigenvalue weighted by atomic mass is 9.88. The molecule has 1 aliphatic heterocycles. The van der Waals surface area contributed by atoms with Crippen molar-refractivity contribution in [3.8, 4) is 0 Å². The standard InChI is InChI=1S/C14H17N3O2/c1-14(2,3)11-8-12(18)17(16-11)10-6-4-9(5-7-10)13(15)19/h4-7H,8H2,1-3H3,(H2,15,19). The van der Waals surface area contributed by atoms with Gasteiger partial charge in [0, 0.05) is 11.0 Å². The molecule has 1 aromatic rings. The van der Waals surface area contributed by atoms with E-state index in [1.807, 2.05) is 20.8 Å². The molecule has 0 aliphatic carbocycles. The molecule has 1 heterocycles. The molecule has 1 aromatic carbocycles. The van der Waals surface area contributed by atoms with Gasteiger partial charge < -0.3 is 5.73 Å². The van der Waals surface area contributed by atoms with Gasteiger partial charge in [-0.1, -0.05) is 20.8 Å². The van der Waals surface area contributed by atoms with Gasteiger partial charge in [-0.2, -0.15) is 5.10 Å². The fourth-order valence-electron chi connectivity index (χ4n) is 1.81. The number of primary amides is 1. The van der Waals surface area contributed by atoms with Gasteiger partial charge in [-0.15, -0.1) is 0 Å². The Labute approximate surface area is 112 Å². The summed E-state index contributed by atoms with van der Waals surface area (Å²) in [6, 6.07) is 6.53. The maximum atomic E-state index is 12.0. The number of nitrogens with two attached hydrogens (primary N) is 1. The summed E-state index contributed by atoms with van der Waals surface area (Å²) in [5.74, 6) is -0.546. The number of hydrogen-bond acceptors (Lipinski definition) is 3. The number of nitrogens with zero attached hydrogens (tertiary/aromatic N) is 2. The summed E-state index contributed by atoms with van der Waals surface area (Å²) >= 11 is 0. The van der Waals surface area contributed by atoms with Crippen LogP contribution in [0.15, 0.2) is 29.4 Å². The van der Waals surface area contributed by atoms with Crippen LogP contribution in [-0.4, -0.2) is 17.5 Å². The predicted molar refractivity (Wildman–Crippen MR) is 74.0 cm³/mol. The van der Waals surface area contributed by atoms with Crippen molar-refractivity contribution in [1.29, 1.82) is 0 Å². The van der Waals surface area contributed by atoms with E-state index in [1.165, 1.54) is 5.01 Å². The average Bonchev–Trinajstić information content (AvgIpc) is 2.71. The highest BCUT2D eigenvalue weighted by Crippen LogP contribution is 2.28. The average molecular weight is 259 g/mol. The molecule has 0 aromatic heterocycles. The molecule has 5 nitrogen and oxygen atoms in total. The number of hydrogen-bond donors (Lipinski definition) is 1. The first-order chi connectivity index (χ1) is 8.79. The summed E-state index contributed by atoms with van der Waals surface area (Å²) in [6.45, 7) is 6.08. The van der Waals surface area contributed by atoms with Gasteiger partial charge in [0.05, 0.1) is 17.8 Å². The Balaban J connectivity index is 2.29. The predicted octanol–water partition coefficient (Wildman–Crippen LogP) is 1.92. The van der Waals surface area contributed by atoms with E-state index in [0.29, 0.717) is 17.7 Å². The van der Waals surface area contributed by atoms with Gasteiger partial charge in [0.15, 0.2) is 0 Å². The highest BCUT2D eigenvalue weighted by molar-refractivity contribution is 6.14. The Bertz CT molecular complexity index is 553. The summed E-state index contributed by atoms with van der Waals surface area (Å²) in [4.78, 5) is 23.0. The van der Waals surface area contributed by atoms with Gasteiger partial charge in [-0.05, 0) is 24.3 Å². The topological polar surface area (TPSA) is 75.8 Å². The van der Waals surface area contributed by atoms with Crippen LogP contribution in [0.25, 0.3) is 0 Å². The highest BCUT2D eigenvalue weighted by atomic mass is 16.2. The van der Waals surface area contributed by atoms with E-state index in [1.54, 1.807) is 24.3 Å². The zero-order valence-corrected chi connectivity index (χ0v) is 11.3. The van der Waals surface area contributed by atoms with Gasteiger partial charge in [0.25, 0.3) is 5.91 Å². The monoisotopic (exact) mass is 259 g/mol. The number of hydrazone groups is 1. The van der Waals surface area contributed by atoms with E-state index < -0.39 is 5.91 Å².